The van der Waals surface area contributed by atoms with Crippen LogP contribution >= 0.6 is 22.6 Å². The number of benzene rings is 1. The van der Waals surface area contributed by atoms with Gasteiger partial charge in [-0.1, -0.05) is 0 Å². The molecule has 1 saturated heterocycles. The Balaban J connectivity index is 1.99. The number of hydrogen-bond donors (Lipinski definition) is 2. The average Bonchev–Trinajstić information content (AvgIpc) is 2.30. The van der Waals surface area contributed by atoms with E-state index >= 15 is 0 Å². The minimum atomic E-state index is 0.0653. The van der Waals surface area contributed by atoms with Crippen LogP contribution in [0.25, 0.3) is 0 Å². The zero-order valence-electron chi connectivity index (χ0n) is 10.4. The summed E-state index contributed by atoms with van der Waals surface area (Å²) in [5, 5.41) is 2.99. The first-order valence-corrected chi connectivity index (χ1v) is 7.21. The highest BCUT2D eigenvalue weighted by Crippen LogP contribution is 2.27. The van der Waals surface area contributed by atoms with Gasteiger partial charge >= 0.3 is 0 Å². The molecule has 1 aromatic carbocycles. The third-order valence-corrected chi connectivity index (χ3v) is 4.08. The van der Waals surface area contributed by atoms with E-state index in [0.717, 1.165) is 31.6 Å². The van der Waals surface area contributed by atoms with Crippen molar-refractivity contribution >= 4 is 39.9 Å². The molecule has 2 rings (SSSR count). The molecular formula is C13H18IN3O. The van der Waals surface area contributed by atoms with Gasteiger partial charge in [0.2, 0.25) is 5.91 Å². The summed E-state index contributed by atoms with van der Waals surface area (Å²) in [5.41, 5.74) is 7.81. The number of carbonyl (C=O) groups is 1. The van der Waals surface area contributed by atoms with Crippen molar-refractivity contribution < 1.29 is 4.79 Å². The van der Waals surface area contributed by atoms with Crippen LogP contribution in [0.2, 0.25) is 0 Å². The predicted molar refractivity (Wildman–Crippen MR) is 82.6 cm³/mol. The van der Waals surface area contributed by atoms with E-state index in [1.807, 2.05) is 12.1 Å². The molecule has 0 aliphatic carbocycles. The summed E-state index contributed by atoms with van der Waals surface area (Å²) >= 11 is 2.32. The average molecular weight is 359 g/mol. The maximum atomic E-state index is 11.0. The van der Waals surface area contributed by atoms with Crippen LogP contribution in [0.15, 0.2) is 18.2 Å². The highest BCUT2D eigenvalue weighted by molar-refractivity contribution is 14.1. The normalized spacial score (nSPS) is 16.7. The Morgan fingerprint density at radius 1 is 1.44 bits per heavy atom. The van der Waals surface area contributed by atoms with Gasteiger partial charge in [-0.3, -0.25) is 4.79 Å². The maximum Gasteiger partial charge on any atom is 0.217 e. The molecule has 18 heavy (non-hydrogen) atoms. The van der Waals surface area contributed by atoms with Gasteiger partial charge in [0, 0.05) is 35.3 Å². The summed E-state index contributed by atoms with van der Waals surface area (Å²) < 4.78 is 1.19. The zero-order chi connectivity index (χ0) is 13.1. The summed E-state index contributed by atoms with van der Waals surface area (Å²) in [6, 6.07) is 6.34. The number of nitrogens with zero attached hydrogens (tertiary/aromatic N) is 1. The van der Waals surface area contributed by atoms with Crippen LogP contribution < -0.4 is 16.0 Å². The molecule has 0 saturated carbocycles. The number of carbonyl (C=O) groups excluding carboxylic acids is 1. The lowest BCUT2D eigenvalue weighted by Crippen LogP contribution is -2.44. The molecule has 1 fully saturated rings. The monoisotopic (exact) mass is 359 g/mol. The molecule has 0 aromatic heterocycles. The lowest BCUT2D eigenvalue weighted by molar-refractivity contribution is -0.119. The molecule has 1 aliphatic heterocycles. The van der Waals surface area contributed by atoms with Crippen LogP contribution in [0, 0.1) is 3.57 Å². The van der Waals surface area contributed by atoms with Crippen LogP contribution in [0.3, 0.4) is 0 Å². The van der Waals surface area contributed by atoms with Crippen LogP contribution in [-0.4, -0.2) is 25.0 Å². The molecule has 5 heteroatoms. The molecule has 0 unspecified atom stereocenters. The number of nitrogens with one attached hydrogen (secondary N) is 1. The van der Waals surface area contributed by atoms with Crippen LogP contribution in [0.5, 0.6) is 0 Å². The maximum absolute atomic E-state index is 11.0. The number of hydrogen-bond acceptors (Lipinski definition) is 3. The highest BCUT2D eigenvalue weighted by Gasteiger charge is 2.20. The molecule has 1 aliphatic rings. The third kappa shape index (κ3) is 3.28. The molecule has 0 spiro atoms. The molecule has 1 amide bonds. The highest BCUT2D eigenvalue weighted by atomic mass is 127. The van der Waals surface area contributed by atoms with Gasteiger partial charge in [-0.2, -0.15) is 0 Å². The van der Waals surface area contributed by atoms with Gasteiger partial charge in [0.15, 0.2) is 0 Å². The van der Waals surface area contributed by atoms with Crippen molar-refractivity contribution in [2.75, 3.05) is 23.7 Å². The number of amides is 1. The lowest BCUT2D eigenvalue weighted by atomic mass is 10.0. The molecule has 98 valence electrons. The van der Waals surface area contributed by atoms with E-state index in [2.05, 4.69) is 38.9 Å². The van der Waals surface area contributed by atoms with Crippen LogP contribution in [0.1, 0.15) is 19.8 Å². The second kappa shape index (κ2) is 5.77. The number of rotatable bonds is 2. The number of nitrogens with two attached hydrogens (primary N) is 1. The first kappa shape index (κ1) is 13.5. The van der Waals surface area contributed by atoms with Gasteiger partial charge in [-0.25, -0.2) is 0 Å². The van der Waals surface area contributed by atoms with Gasteiger partial charge in [-0.15, -0.1) is 0 Å². The minimum absolute atomic E-state index is 0.0653. The van der Waals surface area contributed by atoms with E-state index in [1.54, 1.807) is 6.92 Å². The topological polar surface area (TPSA) is 58.4 Å². The van der Waals surface area contributed by atoms with Gasteiger partial charge in [0.25, 0.3) is 0 Å². The Labute approximate surface area is 121 Å². The van der Waals surface area contributed by atoms with E-state index < -0.39 is 0 Å². The van der Waals surface area contributed by atoms with E-state index in [1.165, 1.54) is 9.26 Å². The fourth-order valence-electron chi connectivity index (χ4n) is 2.33. The van der Waals surface area contributed by atoms with E-state index in [0.29, 0.717) is 6.04 Å². The van der Waals surface area contributed by atoms with Crippen molar-refractivity contribution in [3.63, 3.8) is 0 Å². The molecule has 0 bridgehead atoms. The van der Waals surface area contributed by atoms with E-state index in [9.17, 15) is 4.79 Å². The predicted octanol–water partition coefficient (Wildman–Crippen LogP) is 1.98. The number of halogens is 1. The van der Waals surface area contributed by atoms with Gasteiger partial charge in [0.1, 0.15) is 0 Å². The summed E-state index contributed by atoms with van der Waals surface area (Å²) in [4.78, 5) is 13.4. The number of piperidine rings is 1. The zero-order valence-corrected chi connectivity index (χ0v) is 12.6. The van der Waals surface area contributed by atoms with Crippen LogP contribution in [0.4, 0.5) is 11.4 Å². The second-order valence-electron chi connectivity index (χ2n) is 4.67. The largest absolute Gasteiger partial charge is 0.399 e. The summed E-state index contributed by atoms with van der Waals surface area (Å²) in [6.45, 7) is 3.53. The van der Waals surface area contributed by atoms with Crippen molar-refractivity contribution in [3.8, 4) is 0 Å². The molecule has 1 aromatic rings. The molecular weight excluding hydrogens is 341 g/mol. The van der Waals surface area contributed by atoms with Crippen LogP contribution in [-0.2, 0) is 4.79 Å². The first-order valence-electron chi connectivity index (χ1n) is 6.13. The van der Waals surface area contributed by atoms with Gasteiger partial charge in [0.05, 0.1) is 5.69 Å². The Hall–Kier alpha value is -0.980. The Bertz CT molecular complexity index is 442. The van der Waals surface area contributed by atoms with E-state index in [-0.39, 0.29) is 5.91 Å². The Morgan fingerprint density at radius 3 is 2.67 bits per heavy atom. The molecule has 1 heterocycles. The van der Waals surface area contributed by atoms with Crippen molar-refractivity contribution in [1.82, 2.24) is 5.32 Å². The Kier molecular flexibility index (Phi) is 4.31. The van der Waals surface area contributed by atoms with E-state index in [4.69, 9.17) is 5.73 Å². The first-order chi connectivity index (χ1) is 8.56. The van der Waals surface area contributed by atoms with Crippen molar-refractivity contribution in [2.45, 2.75) is 25.8 Å². The minimum Gasteiger partial charge on any atom is -0.399 e. The van der Waals surface area contributed by atoms with Gasteiger partial charge < -0.3 is 16.0 Å². The second-order valence-corrected chi connectivity index (χ2v) is 5.83. The van der Waals surface area contributed by atoms with Gasteiger partial charge in [-0.05, 0) is 53.6 Å². The SMILES string of the molecule is CC(=O)NC1CCN(c2ccc(N)cc2I)CC1. The molecule has 0 radical (unpaired) electrons. The smallest absolute Gasteiger partial charge is 0.217 e. The summed E-state index contributed by atoms with van der Waals surface area (Å²) in [5.74, 6) is 0.0653. The van der Waals surface area contributed by atoms with Crippen molar-refractivity contribution in [2.24, 2.45) is 0 Å². The molecule has 3 N–H and O–H groups in total. The number of anilines is 2. The van der Waals surface area contributed by atoms with Crippen molar-refractivity contribution in [3.05, 3.63) is 21.8 Å². The summed E-state index contributed by atoms with van der Waals surface area (Å²) in [7, 11) is 0. The fourth-order valence-corrected chi connectivity index (χ4v) is 3.21. The van der Waals surface area contributed by atoms with Crippen molar-refractivity contribution in [1.29, 1.82) is 0 Å². The summed E-state index contributed by atoms with van der Waals surface area (Å²) in [6.07, 6.45) is 2.00. The Morgan fingerprint density at radius 2 is 2.11 bits per heavy atom. The fraction of sp³-hybridized carbons (Fsp3) is 0.462. The lowest BCUT2D eigenvalue weighted by Gasteiger charge is -2.34. The molecule has 0 atom stereocenters. The molecule has 4 nitrogen and oxygen atoms in total. The number of nitrogen functional groups attached to an aromatic ring is 1. The quantitative estimate of drug-likeness (QED) is 0.627. The third-order valence-electron chi connectivity index (χ3n) is 3.21. The standard InChI is InChI=1S/C13H18IN3O/c1-9(18)16-11-4-6-17(7-5-11)13-3-2-10(15)8-12(13)14/h2-3,8,11H,4-7,15H2,1H3,(H,16,18).